The van der Waals surface area contributed by atoms with E-state index in [9.17, 15) is 14.7 Å². The Balaban J connectivity index is 1.78. The van der Waals surface area contributed by atoms with Crippen molar-refractivity contribution in [2.24, 2.45) is 0 Å². The molecular weight excluding hydrogens is 450 g/mol. The first kappa shape index (κ1) is 23.9. The van der Waals surface area contributed by atoms with Gasteiger partial charge in [-0.25, -0.2) is 4.98 Å². The van der Waals surface area contributed by atoms with Crippen molar-refractivity contribution in [2.75, 3.05) is 27.9 Å². The SMILES string of the molecule is COc1cccc(C(O)=C2C(=O)C(=O)N(CCCn3ccnc3)[C@@H]2c2ccc(OC)c(OC)c2)c1. The van der Waals surface area contributed by atoms with Crippen LogP contribution in [0.25, 0.3) is 5.76 Å². The zero-order valence-electron chi connectivity index (χ0n) is 19.8. The van der Waals surface area contributed by atoms with Crippen molar-refractivity contribution in [3.05, 3.63) is 77.9 Å². The number of hydrogen-bond acceptors (Lipinski definition) is 7. The third kappa shape index (κ3) is 4.70. The van der Waals surface area contributed by atoms with Gasteiger partial charge in [0.15, 0.2) is 11.5 Å². The number of carbonyl (C=O) groups excluding carboxylic acids is 2. The van der Waals surface area contributed by atoms with Crippen molar-refractivity contribution >= 4 is 17.4 Å². The average Bonchev–Trinajstić information content (AvgIpc) is 3.50. The number of aliphatic hydroxyl groups is 1. The van der Waals surface area contributed by atoms with Crippen molar-refractivity contribution in [3.8, 4) is 17.2 Å². The highest BCUT2D eigenvalue weighted by Gasteiger charge is 2.46. The number of methoxy groups -OCH3 is 3. The molecule has 9 nitrogen and oxygen atoms in total. The van der Waals surface area contributed by atoms with Gasteiger partial charge in [-0.1, -0.05) is 18.2 Å². The van der Waals surface area contributed by atoms with Crippen LogP contribution in [0.5, 0.6) is 17.2 Å². The minimum Gasteiger partial charge on any atom is -0.507 e. The molecule has 0 spiro atoms. The standard InChI is InChI=1S/C26H27N3O6/c1-33-19-7-4-6-18(14-19)24(30)22-23(17-8-9-20(34-2)21(15-17)35-3)29(26(32)25(22)31)12-5-11-28-13-10-27-16-28/h4,6-10,13-16,23,30H,5,11-12H2,1-3H3/t23-/m1/s1. The van der Waals surface area contributed by atoms with E-state index < -0.39 is 17.7 Å². The number of benzene rings is 2. The van der Waals surface area contributed by atoms with Crippen LogP contribution in [-0.2, 0) is 16.1 Å². The van der Waals surface area contributed by atoms with Gasteiger partial charge in [0.1, 0.15) is 11.5 Å². The number of likely N-dealkylation sites (tertiary alicyclic amines) is 1. The van der Waals surface area contributed by atoms with Crippen LogP contribution < -0.4 is 14.2 Å². The molecule has 0 bridgehead atoms. The third-order valence-corrected chi connectivity index (χ3v) is 5.98. The summed E-state index contributed by atoms with van der Waals surface area (Å²) in [5.74, 6) is -0.186. The molecule has 0 unspecified atom stereocenters. The first-order valence-electron chi connectivity index (χ1n) is 11.1. The molecule has 2 heterocycles. The van der Waals surface area contributed by atoms with Crippen LogP contribution in [0, 0.1) is 0 Å². The number of rotatable bonds is 9. The highest BCUT2D eigenvalue weighted by molar-refractivity contribution is 6.46. The van der Waals surface area contributed by atoms with Crippen molar-refractivity contribution in [2.45, 2.75) is 19.0 Å². The number of nitrogens with zero attached hydrogens (tertiary/aromatic N) is 3. The second kappa shape index (κ2) is 10.3. The summed E-state index contributed by atoms with van der Waals surface area (Å²) in [6, 6.07) is 11.1. The lowest BCUT2D eigenvalue weighted by Gasteiger charge is -2.26. The van der Waals surface area contributed by atoms with Gasteiger partial charge >= 0.3 is 0 Å². The number of aryl methyl sites for hydroxylation is 1. The number of carbonyl (C=O) groups is 2. The summed E-state index contributed by atoms with van der Waals surface area (Å²) >= 11 is 0. The van der Waals surface area contributed by atoms with Crippen LogP contribution in [0.1, 0.15) is 23.6 Å². The normalized spacial score (nSPS) is 17.0. The predicted molar refractivity (Wildman–Crippen MR) is 128 cm³/mol. The van der Waals surface area contributed by atoms with Crippen LogP contribution in [0.15, 0.2) is 66.8 Å². The zero-order valence-corrected chi connectivity index (χ0v) is 19.8. The van der Waals surface area contributed by atoms with Crippen LogP contribution >= 0.6 is 0 Å². The Morgan fingerprint density at radius 3 is 2.49 bits per heavy atom. The molecule has 3 aromatic rings. The molecule has 1 saturated heterocycles. The maximum Gasteiger partial charge on any atom is 0.295 e. The Labute approximate surface area is 203 Å². The van der Waals surface area contributed by atoms with E-state index in [0.29, 0.717) is 47.9 Å². The number of hydrogen-bond donors (Lipinski definition) is 1. The summed E-state index contributed by atoms with van der Waals surface area (Å²) in [4.78, 5) is 31.9. The average molecular weight is 478 g/mol. The van der Waals surface area contributed by atoms with Crippen molar-refractivity contribution in [1.29, 1.82) is 0 Å². The van der Waals surface area contributed by atoms with Crippen molar-refractivity contribution in [1.82, 2.24) is 14.5 Å². The number of ether oxygens (including phenoxy) is 3. The molecule has 0 aliphatic carbocycles. The van der Waals surface area contributed by atoms with E-state index >= 15 is 0 Å². The fourth-order valence-corrected chi connectivity index (χ4v) is 4.25. The number of amides is 1. The van der Waals surface area contributed by atoms with Gasteiger partial charge in [-0.3, -0.25) is 9.59 Å². The summed E-state index contributed by atoms with van der Waals surface area (Å²) in [6.45, 7) is 0.925. The smallest absolute Gasteiger partial charge is 0.295 e. The lowest BCUT2D eigenvalue weighted by molar-refractivity contribution is -0.139. The van der Waals surface area contributed by atoms with Gasteiger partial charge in [0.05, 0.1) is 39.3 Å². The predicted octanol–water partition coefficient (Wildman–Crippen LogP) is 3.42. The maximum absolute atomic E-state index is 13.2. The summed E-state index contributed by atoms with van der Waals surface area (Å²) < 4.78 is 17.9. The van der Waals surface area contributed by atoms with Gasteiger partial charge in [-0.05, 0) is 36.2 Å². The van der Waals surface area contributed by atoms with Crippen LogP contribution in [-0.4, -0.2) is 59.1 Å². The van der Waals surface area contributed by atoms with E-state index in [1.165, 1.54) is 26.2 Å². The number of ketones is 1. The molecule has 1 aromatic heterocycles. The first-order valence-corrected chi connectivity index (χ1v) is 11.1. The molecule has 1 atom stereocenters. The molecule has 1 amide bonds. The van der Waals surface area contributed by atoms with Gasteiger partial charge in [0.2, 0.25) is 0 Å². The van der Waals surface area contributed by atoms with Gasteiger partial charge < -0.3 is 28.8 Å². The summed E-state index contributed by atoms with van der Waals surface area (Å²) in [7, 11) is 4.56. The molecule has 1 aliphatic rings. The second-order valence-corrected chi connectivity index (χ2v) is 7.99. The van der Waals surface area contributed by atoms with Gasteiger partial charge in [-0.15, -0.1) is 0 Å². The molecule has 9 heteroatoms. The maximum atomic E-state index is 13.2. The van der Waals surface area contributed by atoms with Crippen LogP contribution in [0.2, 0.25) is 0 Å². The molecule has 182 valence electrons. The second-order valence-electron chi connectivity index (χ2n) is 7.99. The number of aromatic nitrogens is 2. The summed E-state index contributed by atoms with van der Waals surface area (Å²) in [6.07, 6.45) is 5.81. The zero-order chi connectivity index (χ0) is 24.9. The van der Waals surface area contributed by atoms with Crippen molar-refractivity contribution in [3.63, 3.8) is 0 Å². The van der Waals surface area contributed by atoms with E-state index in [2.05, 4.69) is 4.98 Å². The van der Waals surface area contributed by atoms with E-state index in [4.69, 9.17) is 14.2 Å². The molecule has 35 heavy (non-hydrogen) atoms. The van der Waals surface area contributed by atoms with Gasteiger partial charge in [0, 0.05) is 31.0 Å². The number of Topliss-reactive ketones (excluding diaryl/α,β-unsaturated/α-hetero) is 1. The van der Waals surface area contributed by atoms with Gasteiger partial charge in [-0.2, -0.15) is 0 Å². The Kier molecular flexibility index (Phi) is 7.05. The highest BCUT2D eigenvalue weighted by Crippen LogP contribution is 2.42. The van der Waals surface area contributed by atoms with E-state index in [1.807, 2.05) is 10.8 Å². The molecule has 1 fully saturated rings. The molecular formula is C26H27N3O6. The summed E-state index contributed by atoms with van der Waals surface area (Å²) in [5, 5.41) is 11.2. The Bertz CT molecular complexity index is 1250. The molecule has 2 aromatic carbocycles. The van der Waals surface area contributed by atoms with Gasteiger partial charge in [0.25, 0.3) is 11.7 Å². The lowest BCUT2D eigenvalue weighted by atomic mass is 9.95. The van der Waals surface area contributed by atoms with Crippen LogP contribution in [0.3, 0.4) is 0 Å². The molecule has 0 radical (unpaired) electrons. The first-order chi connectivity index (χ1) is 17.0. The highest BCUT2D eigenvalue weighted by atomic mass is 16.5. The molecule has 0 saturated carbocycles. The van der Waals surface area contributed by atoms with Crippen LogP contribution in [0.4, 0.5) is 0 Å². The minimum absolute atomic E-state index is 0.0121. The lowest BCUT2D eigenvalue weighted by Crippen LogP contribution is -2.31. The third-order valence-electron chi connectivity index (χ3n) is 5.98. The molecule has 1 N–H and O–H groups in total. The topological polar surface area (TPSA) is 103 Å². The minimum atomic E-state index is -0.802. The Morgan fingerprint density at radius 1 is 1.00 bits per heavy atom. The summed E-state index contributed by atoms with van der Waals surface area (Å²) in [5.41, 5.74) is 1.01. The fraction of sp³-hybridized carbons (Fsp3) is 0.269. The van der Waals surface area contributed by atoms with E-state index in [-0.39, 0.29) is 11.3 Å². The Morgan fingerprint density at radius 2 is 1.80 bits per heavy atom. The Hall–Kier alpha value is -4.27. The monoisotopic (exact) mass is 477 g/mol. The quantitative estimate of drug-likeness (QED) is 0.286. The van der Waals surface area contributed by atoms with E-state index in [0.717, 1.165) is 0 Å². The number of imidazole rings is 1. The molecule has 1 aliphatic heterocycles. The number of aliphatic hydroxyl groups excluding tert-OH is 1. The van der Waals surface area contributed by atoms with E-state index in [1.54, 1.807) is 55.0 Å². The largest absolute Gasteiger partial charge is 0.507 e. The molecule has 4 rings (SSSR count). The van der Waals surface area contributed by atoms with Crippen molar-refractivity contribution < 1.29 is 28.9 Å². The fourth-order valence-electron chi connectivity index (χ4n) is 4.25.